The molecule has 0 fully saturated rings. The van der Waals surface area contributed by atoms with Crippen LogP contribution in [0.15, 0.2) is 84.9 Å². The SMILES string of the molecule is CC(C)(c1cccc(-n2[c-]nc3ccccc32)n1)C(C)(C)c1cccc(-n2[c-]nc3ccccc32)n1.[Pt+2]. The van der Waals surface area contributed by atoms with Crippen molar-refractivity contribution in [3.63, 3.8) is 0 Å². The number of aromatic nitrogens is 6. The molecular weight excluding hydrogens is 639 g/mol. The summed E-state index contributed by atoms with van der Waals surface area (Å²) in [5, 5.41) is 0. The molecule has 0 bridgehead atoms. The number of para-hydroxylation sites is 4. The van der Waals surface area contributed by atoms with Gasteiger partial charge in [0.2, 0.25) is 0 Å². The zero-order valence-corrected chi connectivity index (χ0v) is 23.4. The number of rotatable bonds is 5. The molecular formula is C30H26N6Pt. The third kappa shape index (κ3) is 4.10. The first-order chi connectivity index (χ1) is 17.4. The van der Waals surface area contributed by atoms with E-state index in [-0.39, 0.29) is 31.9 Å². The first kappa shape index (κ1) is 25.0. The topological polar surface area (TPSA) is 61.4 Å². The molecule has 0 N–H and O–H groups in total. The Morgan fingerprint density at radius 1 is 0.541 bits per heavy atom. The van der Waals surface area contributed by atoms with Gasteiger partial charge in [-0.2, -0.15) is 0 Å². The van der Waals surface area contributed by atoms with Gasteiger partial charge in [0, 0.05) is 34.9 Å². The Kier molecular flexibility index (Phi) is 6.33. The molecule has 0 aliphatic rings. The van der Waals surface area contributed by atoms with Crippen LogP contribution < -0.4 is 0 Å². The molecule has 0 unspecified atom stereocenters. The molecule has 37 heavy (non-hydrogen) atoms. The number of fused-ring (bicyclic) bond motifs is 2. The summed E-state index contributed by atoms with van der Waals surface area (Å²) in [6.07, 6.45) is 6.19. The van der Waals surface area contributed by atoms with Gasteiger partial charge in [0.15, 0.2) is 0 Å². The van der Waals surface area contributed by atoms with E-state index in [4.69, 9.17) is 9.97 Å². The standard InChI is InChI=1S/C30H26N6.Pt/c1-29(2,25-15-9-17-27(33-25)35-19-31-21-11-5-7-13-23(21)35)30(3,4)26-16-10-18-28(34-26)36-20-32-22-12-6-8-14-24(22)36;/h5-18H,1-4H3;/q-2;+2. The van der Waals surface area contributed by atoms with Gasteiger partial charge in [-0.05, 0) is 23.2 Å². The normalized spacial score (nSPS) is 12.1. The largest absolute Gasteiger partial charge is 2.00 e. The number of benzene rings is 2. The second-order valence-electron chi connectivity index (χ2n) is 10.1. The number of hydrogen-bond donors (Lipinski definition) is 0. The number of imidazole rings is 2. The van der Waals surface area contributed by atoms with E-state index in [2.05, 4.69) is 74.6 Å². The van der Waals surface area contributed by atoms with E-state index >= 15 is 0 Å². The van der Waals surface area contributed by atoms with Crippen LogP contribution in [-0.4, -0.2) is 29.1 Å². The second-order valence-corrected chi connectivity index (χ2v) is 10.1. The van der Waals surface area contributed by atoms with Crippen molar-refractivity contribution < 1.29 is 21.1 Å². The average molecular weight is 666 g/mol. The maximum absolute atomic E-state index is 5.08. The van der Waals surface area contributed by atoms with Gasteiger partial charge in [-0.25, -0.2) is 0 Å². The first-order valence-electron chi connectivity index (χ1n) is 12.0. The van der Waals surface area contributed by atoms with E-state index in [0.717, 1.165) is 45.1 Å². The molecule has 0 aliphatic heterocycles. The predicted molar refractivity (Wildman–Crippen MR) is 141 cm³/mol. The van der Waals surface area contributed by atoms with Gasteiger partial charge < -0.3 is 19.1 Å². The molecule has 4 aromatic heterocycles. The summed E-state index contributed by atoms with van der Waals surface area (Å²) in [4.78, 5) is 19.0. The maximum atomic E-state index is 5.08. The van der Waals surface area contributed by atoms with Crippen molar-refractivity contribution in [3.8, 4) is 11.6 Å². The van der Waals surface area contributed by atoms with E-state index < -0.39 is 0 Å². The van der Waals surface area contributed by atoms with E-state index in [1.807, 2.05) is 69.8 Å². The summed E-state index contributed by atoms with van der Waals surface area (Å²) in [7, 11) is 0. The van der Waals surface area contributed by atoms with Gasteiger partial charge in [0.1, 0.15) is 0 Å². The smallest absolute Gasteiger partial charge is 0.411 e. The molecule has 0 radical (unpaired) electrons. The minimum Gasteiger partial charge on any atom is -0.411 e. The van der Waals surface area contributed by atoms with Crippen LogP contribution in [0.2, 0.25) is 0 Å². The number of pyridine rings is 2. The zero-order chi connectivity index (χ0) is 24.9. The van der Waals surface area contributed by atoms with Crippen molar-refractivity contribution in [1.29, 1.82) is 0 Å². The Labute approximate surface area is 230 Å². The molecule has 0 amide bonds. The van der Waals surface area contributed by atoms with Gasteiger partial charge >= 0.3 is 21.1 Å². The number of hydrogen-bond acceptors (Lipinski definition) is 4. The second kappa shape index (κ2) is 9.35. The molecule has 6 nitrogen and oxygen atoms in total. The minimum atomic E-state index is -0.342. The Morgan fingerprint density at radius 3 is 1.38 bits per heavy atom. The first-order valence-corrected chi connectivity index (χ1v) is 12.0. The van der Waals surface area contributed by atoms with Gasteiger partial charge in [0.25, 0.3) is 0 Å². The van der Waals surface area contributed by atoms with Crippen LogP contribution in [0.3, 0.4) is 0 Å². The number of nitrogens with zero attached hydrogens (tertiary/aromatic N) is 6. The third-order valence-electron chi connectivity index (χ3n) is 7.56. The summed E-state index contributed by atoms with van der Waals surface area (Å²) in [5.74, 6) is 1.59. The quantitative estimate of drug-likeness (QED) is 0.212. The molecule has 7 heteroatoms. The van der Waals surface area contributed by atoms with Crippen molar-refractivity contribution in [2.45, 2.75) is 38.5 Å². The van der Waals surface area contributed by atoms with Gasteiger partial charge in [-0.15, -0.1) is 0 Å². The maximum Gasteiger partial charge on any atom is 2.00 e. The van der Waals surface area contributed by atoms with Crippen LogP contribution in [0, 0.1) is 12.7 Å². The van der Waals surface area contributed by atoms with E-state index in [1.165, 1.54) is 0 Å². The molecule has 0 spiro atoms. The van der Waals surface area contributed by atoms with Crippen molar-refractivity contribution in [2.75, 3.05) is 0 Å². The van der Waals surface area contributed by atoms with Crippen LogP contribution in [0.4, 0.5) is 0 Å². The molecule has 6 rings (SSSR count). The van der Waals surface area contributed by atoms with Gasteiger partial charge in [-0.1, -0.05) is 112 Å². The fourth-order valence-corrected chi connectivity index (χ4v) is 4.59. The van der Waals surface area contributed by atoms with Crippen LogP contribution in [0.25, 0.3) is 33.7 Å². The van der Waals surface area contributed by atoms with Gasteiger partial charge in [-0.3, -0.25) is 9.97 Å². The molecule has 0 atom stereocenters. The van der Waals surface area contributed by atoms with Crippen molar-refractivity contribution in [2.24, 2.45) is 0 Å². The summed E-state index contributed by atoms with van der Waals surface area (Å²) in [5.41, 5.74) is 5.03. The Balaban J connectivity index is 0.00000280. The summed E-state index contributed by atoms with van der Waals surface area (Å²) < 4.78 is 3.83. The fraction of sp³-hybridized carbons (Fsp3) is 0.200. The average Bonchev–Trinajstić information content (AvgIpc) is 3.53. The minimum absolute atomic E-state index is 0. The fourth-order valence-electron chi connectivity index (χ4n) is 4.59. The van der Waals surface area contributed by atoms with E-state index in [0.29, 0.717) is 0 Å². The Morgan fingerprint density at radius 2 is 0.946 bits per heavy atom. The zero-order valence-electron chi connectivity index (χ0n) is 21.1. The van der Waals surface area contributed by atoms with Crippen molar-refractivity contribution >= 4 is 22.1 Å². The molecule has 6 aromatic rings. The van der Waals surface area contributed by atoms with Gasteiger partial charge in [0.05, 0.1) is 11.6 Å². The molecule has 0 saturated heterocycles. The van der Waals surface area contributed by atoms with E-state index in [1.54, 1.807) is 0 Å². The molecule has 0 aliphatic carbocycles. The summed E-state index contributed by atoms with van der Waals surface area (Å²) in [6.45, 7) is 8.90. The van der Waals surface area contributed by atoms with Crippen molar-refractivity contribution in [3.05, 3.63) is 109 Å². The van der Waals surface area contributed by atoms with Crippen molar-refractivity contribution in [1.82, 2.24) is 29.1 Å². The molecule has 186 valence electrons. The van der Waals surface area contributed by atoms with Crippen LogP contribution >= 0.6 is 0 Å². The third-order valence-corrected chi connectivity index (χ3v) is 7.56. The van der Waals surface area contributed by atoms with E-state index in [9.17, 15) is 0 Å². The van der Waals surface area contributed by atoms with Crippen LogP contribution in [0.5, 0.6) is 0 Å². The van der Waals surface area contributed by atoms with Crippen LogP contribution in [0.1, 0.15) is 39.1 Å². The molecule has 4 heterocycles. The predicted octanol–water partition coefficient (Wildman–Crippen LogP) is 6.01. The Bertz CT molecular complexity index is 1580. The van der Waals surface area contributed by atoms with Crippen LogP contribution in [-0.2, 0) is 31.9 Å². The monoisotopic (exact) mass is 665 g/mol. The summed E-state index contributed by atoms with van der Waals surface area (Å²) in [6, 6.07) is 28.3. The Hall–Kier alpha value is -3.63. The molecule has 2 aromatic carbocycles. The summed E-state index contributed by atoms with van der Waals surface area (Å²) >= 11 is 0. The molecule has 0 saturated carbocycles.